The largest absolute Gasteiger partial charge is 0.306 e. The Morgan fingerprint density at radius 3 is 3.00 bits per heavy atom. The monoisotopic (exact) mass is 150 g/mol. The van der Waals surface area contributed by atoms with E-state index in [1.165, 1.54) is 0 Å². The zero-order valence-corrected chi connectivity index (χ0v) is 5.48. The van der Waals surface area contributed by atoms with Crippen molar-refractivity contribution >= 4 is 12.0 Å². The van der Waals surface area contributed by atoms with Crippen molar-refractivity contribution in [3.05, 3.63) is 0 Å². The Hall–Kier alpha value is 0.190. The molecule has 5 heteroatoms. The average molecular weight is 150 g/mol. The maximum absolute atomic E-state index is 4.67. The molecule has 0 radical (unpaired) electrons. The summed E-state index contributed by atoms with van der Waals surface area (Å²) in [4.78, 5) is 14.0. The van der Waals surface area contributed by atoms with Crippen LogP contribution in [0.3, 0.4) is 0 Å². The zero-order valence-electron chi connectivity index (χ0n) is 4.66. The van der Waals surface area contributed by atoms with E-state index in [4.69, 9.17) is 0 Å². The van der Waals surface area contributed by atoms with Gasteiger partial charge in [-0.15, -0.1) is 0 Å². The molecule has 0 aromatic carbocycles. The summed E-state index contributed by atoms with van der Waals surface area (Å²) in [6.07, 6.45) is 1.74. The van der Waals surface area contributed by atoms with Crippen LogP contribution in [0.15, 0.2) is 0 Å². The van der Waals surface area contributed by atoms with E-state index >= 15 is 0 Å². The Morgan fingerprint density at radius 2 is 2.22 bits per heavy atom. The molecule has 2 rings (SSSR count). The minimum absolute atomic E-state index is 0.517. The third kappa shape index (κ3) is 1.20. The van der Waals surface area contributed by atoms with Gasteiger partial charge in [0.25, 0.3) is 0 Å². The third-order valence-electron chi connectivity index (χ3n) is 1.19. The molecule has 2 aliphatic heterocycles. The Balaban J connectivity index is 1.92. The van der Waals surface area contributed by atoms with E-state index in [1.54, 1.807) is 0 Å². The van der Waals surface area contributed by atoms with E-state index in [-0.39, 0.29) is 0 Å². The van der Waals surface area contributed by atoms with Gasteiger partial charge < -0.3 is 0 Å². The fraction of sp³-hybridized carbons (Fsp3) is 1.00. The van der Waals surface area contributed by atoms with E-state index < -0.39 is 5.12 Å². The van der Waals surface area contributed by atoms with Crippen LogP contribution in [-0.4, -0.2) is 11.7 Å². The summed E-state index contributed by atoms with van der Waals surface area (Å²) in [6.45, 7) is 0.613. The van der Waals surface area contributed by atoms with Gasteiger partial charge in [0.2, 0.25) is 0 Å². The maximum atomic E-state index is 4.67. The summed E-state index contributed by atoms with van der Waals surface area (Å²) in [5, 5.41) is -0.517. The lowest BCUT2D eigenvalue weighted by atomic mass is 10.3. The van der Waals surface area contributed by atoms with Crippen molar-refractivity contribution in [3.8, 4) is 0 Å². The van der Waals surface area contributed by atoms with Crippen LogP contribution in [0.4, 0.5) is 0 Å². The summed E-state index contributed by atoms with van der Waals surface area (Å²) >= 11 is 1.09. The van der Waals surface area contributed by atoms with E-state index in [0.29, 0.717) is 6.61 Å². The topological polar surface area (TPSA) is 43.5 Å². The van der Waals surface area contributed by atoms with Crippen molar-refractivity contribution in [3.63, 3.8) is 0 Å². The van der Waals surface area contributed by atoms with Crippen LogP contribution in [0.5, 0.6) is 0 Å². The zero-order chi connectivity index (χ0) is 6.16. The number of rotatable bonds is 0. The van der Waals surface area contributed by atoms with Crippen molar-refractivity contribution in [2.45, 2.75) is 18.0 Å². The van der Waals surface area contributed by atoms with Gasteiger partial charge in [-0.05, 0) is 6.42 Å². The van der Waals surface area contributed by atoms with E-state index in [0.717, 1.165) is 24.9 Å². The minimum Gasteiger partial charge on any atom is -0.224 e. The SMILES string of the molecule is C1COOSC2(C1)OO2. The highest BCUT2D eigenvalue weighted by Crippen LogP contribution is 2.46. The molecular formula is C4H6O4S. The minimum atomic E-state index is -0.517. The second kappa shape index (κ2) is 2.10. The molecule has 0 amide bonds. The van der Waals surface area contributed by atoms with Gasteiger partial charge in [-0.1, -0.05) is 0 Å². The molecule has 52 valence electrons. The molecule has 4 nitrogen and oxygen atoms in total. The van der Waals surface area contributed by atoms with Crippen LogP contribution in [-0.2, 0) is 19.0 Å². The van der Waals surface area contributed by atoms with Gasteiger partial charge in [0, 0.05) is 6.42 Å². The predicted molar refractivity (Wildman–Crippen MR) is 28.8 cm³/mol. The first kappa shape index (κ1) is 5.94. The Kier molecular flexibility index (Phi) is 1.39. The van der Waals surface area contributed by atoms with Crippen molar-refractivity contribution < 1.29 is 19.0 Å². The van der Waals surface area contributed by atoms with Gasteiger partial charge >= 0.3 is 5.12 Å². The quantitative estimate of drug-likeness (QED) is 0.292. The smallest absolute Gasteiger partial charge is 0.224 e. The van der Waals surface area contributed by atoms with Crippen molar-refractivity contribution in [1.29, 1.82) is 0 Å². The molecule has 0 atom stereocenters. The standard InChI is InChI=1S/C4H6O4S/c1-2-4(6-7-4)9-8-5-3-1/h1-3H2. The Labute approximate surface area is 56.5 Å². The second-order valence-electron chi connectivity index (χ2n) is 1.93. The summed E-state index contributed by atoms with van der Waals surface area (Å²) in [6, 6.07) is 0. The first-order valence-corrected chi connectivity index (χ1v) is 3.50. The lowest BCUT2D eigenvalue weighted by Crippen LogP contribution is -2.01. The molecular weight excluding hydrogens is 144 g/mol. The summed E-state index contributed by atoms with van der Waals surface area (Å²) in [5.74, 6) is 0. The molecule has 0 N–H and O–H groups in total. The van der Waals surface area contributed by atoms with E-state index in [2.05, 4.69) is 19.0 Å². The van der Waals surface area contributed by atoms with Gasteiger partial charge in [-0.3, -0.25) is 0 Å². The van der Waals surface area contributed by atoms with Crippen LogP contribution >= 0.6 is 12.0 Å². The first-order chi connectivity index (χ1) is 4.41. The predicted octanol–water partition coefficient (Wildman–Crippen LogP) is 0.992. The van der Waals surface area contributed by atoms with Crippen molar-refractivity contribution in [2.75, 3.05) is 6.61 Å². The fourth-order valence-corrected chi connectivity index (χ4v) is 1.19. The van der Waals surface area contributed by atoms with Crippen LogP contribution < -0.4 is 0 Å². The molecule has 2 heterocycles. The van der Waals surface area contributed by atoms with Gasteiger partial charge in [0.1, 0.15) is 12.0 Å². The molecule has 0 unspecified atom stereocenters. The summed E-state index contributed by atoms with van der Waals surface area (Å²) in [7, 11) is 0. The molecule has 9 heavy (non-hydrogen) atoms. The van der Waals surface area contributed by atoms with Crippen LogP contribution in [0.2, 0.25) is 0 Å². The van der Waals surface area contributed by atoms with Gasteiger partial charge in [-0.2, -0.15) is 14.1 Å². The van der Waals surface area contributed by atoms with Crippen molar-refractivity contribution in [1.82, 2.24) is 0 Å². The highest BCUT2D eigenvalue weighted by molar-refractivity contribution is 7.95. The Bertz CT molecular complexity index is 103. The van der Waals surface area contributed by atoms with Gasteiger partial charge in [-0.25, -0.2) is 4.89 Å². The maximum Gasteiger partial charge on any atom is 0.306 e. The second-order valence-corrected chi connectivity index (χ2v) is 2.85. The van der Waals surface area contributed by atoms with E-state index in [9.17, 15) is 0 Å². The highest BCUT2D eigenvalue weighted by atomic mass is 32.2. The van der Waals surface area contributed by atoms with Gasteiger partial charge in [0.15, 0.2) is 0 Å². The van der Waals surface area contributed by atoms with Crippen LogP contribution in [0, 0.1) is 0 Å². The molecule has 2 aliphatic rings. The molecule has 0 bridgehead atoms. The molecule has 2 saturated heterocycles. The third-order valence-corrected chi connectivity index (χ3v) is 1.95. The van der Waals surface area contributed by atoms with Gasteiger partial charge in [0.05, 0.1) is 6.61 Å². The molecule has 0 saturated carbocycles. The fourth-order valence-electron chi connectivity index (χ4n) is 0.657. The lowest BCUT2D eigenvalue weighted by molar-refractivity contribution is -0.188. The van der Waals surface area contributed by atoms with Crippen LogP contribution in [0.1, 0.15) is 12.8 Å². The molecule has 0 aliphatic carbocycles. The number of hydrogen-bond donors (Lipinski definition) is 0. The normalized spacial score (nSPS) is 32.0. The molecule has 1 spiro atoms. The molecule has 2 fully saturated rings. The Morgan fingerprint density at radius 1 is 1.33 bits per heavy atom. The average Bonchev–Trinajstić information content (AvgIpc) is 2.64. The highest BCUT2D eigenvalue weighted by Gasteiger charge is 2.52. The molecule has 0 aromatic rings. The molecule has 0 aromatic heterocycles. The van der Waals surface area contributed by atoms with E-state index in [1.807, 2.05) is 0 Å². The summed E-state index contributed by atoms with van der Waals surface area (Å²) in [5.41, 5.74) is 0. The number of hydrogen-bond acceptors (Lipinski definition) is 5. The van der Waals surface area contributed by atoms with Crippen LogP contribution in [0.25, 0.3) is 0 Å². The summed E-state index contributed by atoms with van der Waals surface area (Å²) < 4.78 is 4.64. The lowest BCUT2D eigenvalue weighted by Gasteiger charge is -1.94. The van der Waals surface area contributed by atoms with Crippen molar-refractivity contribution in [2.24, 2.45) is 0 Å². The first-order valence-electron chi connectivity index (χ1n) is 2.75.